The van der Waals surface area contributed by atoms with E-state index in [0.717, 1.165) is 0 Å². The van der Waals surface area contributed by atoms with Crippen LogP contribution in [0.4, 0.5) is 0 Å². The summed E-state index contributed by atoms with van der Waals surface area (Å²) < 4.78 is 6.31. The summed E-state index contributed by atoms with van der Waals surface area (Å²) in [5, 5.41) is 7.12. The number of rotatable bonds is 1. The summed E-state index contributed by atoms with van der Waals surface area (Å²) in [6.07, 6.45) is 6.10. The molecule has 0 bridgehead atoms. The van der Waals surface area contributed by atoms with Crippen LogP contribution in [0.2, 0.25) is 0 Å². The lowest BCUT2D eigenvalue weighted by Gasteiger charge is -1.93. The van der Waals surface area contributed by atoms with Crippen LogP contribution in [0.1, 0.15) is 0 Å². The molecule has 0 spiro atoms. The normalized spacial score (nSPS) is 10.9. The van der Waals surface area contributed by atoms with Crippen LogP contribution in [-0.2, 0) is 0 Å². The van der Waals surface area contributed by atoms with Crippen molar-refractivity contribution in [3.8, 4) is 5.82 Å². The number of aromatic nitrogens is 6. The third-order valence-corrected chi connectivity index (χ3v) is 1.81. The van der Waals surface area contributed by atoms with Crippen LogP contribution in [-0.4, -0.2) is 29.9 Å². The molecule has 0 aliphatic rings. The highest BCUT2D eigenvalue weighted by Crippen LogP contribution is 2.11. The highest BCUT2D eigenvalue weighted by atomic mass is 16.5. The van der Waals surface area contributed by atoms with Crippen molar-refractivity contribution >= 4 is 11.2 Å². The first-order valence-electron chi connectivity index (χ1n) is 3.85. The zero-order chi connectivity index (χ0) is 9.38. The second-order valence-electron chi connectivity index (χ2n) is 2.61. The monoisotopic (exact) mass is 188 g/mol. The van der Waals surface area contributed by atoms with Gasteiger partial charge in [-0.2, -0.15) is 0 Å². The van der Waals surface area contributed by atoms with Gasteiger partial charge in [0, 0.05) is 5.27 Å². The Bertz CT molecular complexity index is 556. The first-order valence-corrected chi connectivity index (χ1v) is 3.85. The van der Waals surface area contributed by atoms with Crippen LogP contribution < -0.4 is 0 Å². The summed E-state index contributed by atoms with van der Waals surface area (Å²) in [7, 11) is 0. The van der Waals surface area contributed by atoms with E-state index in [-0.39, 0.29) is 0 Å². The zero-order valence-electron chi connectivity index (χ0n) is 6.90. The third kappa shape index (κ3) is 0.889. The molecule has 3 aromatic heterocycles. The number of hydrogen-bond acceptors (Lipinski definition) is 6. The summed E-state index contributed by atoms with van der Waals surface area (Å²) in [4.78, 5) is 12.0. The highest BCUT2D eigenvalue weighted by Gasteiger charge is 2.07. The van der Waals surface area contributed by atoms with Gasteiger partial charge < -0.3 is 4.52 Å². The van der Waals surface area contributed by atoms with E-state index in [1.807, 2.05) is 0 Å². The minimum Gasteiger partial charge on any atom is -0.343 e. The summed E-state index contributed by atoms with van der Waals surface area (Å²) in [5.41, 5.74) is 1.38. The lowest BCUT2D eigenvalue weighted by atomic mass is 10.5. The SMILES string of the molecule is c1ncc2ncn(-c3conn3)c2n1. The minimum absolute atomic E-state index is 0.547. The Morgan fingerprint density at radius 1 is 1.29 bits per heavy atom. The molecular weight excluding hydrogens is 184 g/mol. The molecule has 0 radical (unpaired) electrons. The molecule has 68 valence electrons. The maximum absolute atomic E-state index is 4.63. The number of imidazole rings is 1. The Balaban J connectivity index is 2.33. The molecule has 0 aliphatic heterocycles. The maximum Gasteiger partial charge on any atom is 0.203 e. The van der Waals surface area contributed by atoms with E-state index in [2.05, 4.69) is 29.8 Å². The fourth-order valence-corrected chi connectivity index (χ4v) is 1.20. The average Bonchev–Trinajstić information content (AvgIpc) is 2.85. The lowest BCUT2D eigenvalue weighted by molar-refractivity contribution is 0.393. The Labute approximate surface area is 77.4 Å². The van der Waals surface area contributed by atoms with Gasteiger partial charge in [-0.1, -0.05) is 5.10 Å². The van der Waals surface area contributed by atoms with E-state index in [9.17, 15) is 0 Å². The quantitative estimate of drug-likeness (QED) is 0.542. The zero-order valence-corrected chi connectivity index (χ0v) is 6.90. The molecule has 0 aromatic carbocycles. The third-order valence-electron chi connectivity index (χ3n) is 1.81. The van der Waals surface area contributed by atoms with Crippen molar-refractivity contribution in [2.75, 3.05) is 0 Å². The molecule has 0 saturated carbocycles. The van der Waals surface area contributed by atoms with E-state index >= 15 is 0 Å². The molecule has 0 atom stereocenters. The van der Waals surface area contributed by atoms with Gasteiger partial charge in [0.2, 0.25) is 5.82 Å². The minimum atomic E-state index is 0.547. The molecule has 7 heteroatoms. The number of hydrogen-bond donors (Lipinski definition) is 0. The molecule has 7 nitrogen and oxygen atoms in total. The number of nitrogens with zero attached hydrogens (tertiary/aromatic N) is 6. The molecule has 0 N–H and O–H groups in total. The molecule has 0 aliphatic carbocycles. The van der Waals surface area contributed by atoms with Crippen LogP contribution >= 0.6 is 0 Å². The Kier molecular flexibility index (Phi) is 1.32. The fraction of sp³-hybridized carbons (Fsp3) is 0. The molecule has 3 aromatic rings. The maximum atomic E-state index is 4.63. The lowest BCUT2D eigenvalue weighted by Crippen LogP contribution is -1.94. The molecule has 0 amide bonds. The molecule has 0 saturated heterocycles. The largest absolute Gasteiger partial charge is 0.343 e. The summed E-state index contributed by atoms with van der Waals surface area (Å²) in [5.74, 6) is 0.547. The van der Waals surface area contributed by atoms with Crippen molar-refractivity contribution in [1.82, 2.24) is 29.9 Å². The van der Waals surface area contributed by atoms with Crippen molar-refractivity contribution < 1.29 is 4.52 Å². The van der Waals surface area contributed by atoms with Crippen LogP contribution in [0.5, 0.6) is 0 Å². The van der Waals surface area contributed by atoms with Gasteiger partial charge in [0.15, 0.2) is 11.9 Å². The van der Waals surface area contributed by atoms with Crippen LogP contribution in [0.3, 0.4) is 0 Å². The molecule has 0 unspecified atom stereocenters. The van der Waals surface area contributed by atoms with Crippen molar-refractivity contribution in [2.24, 2.45) is 0 Å². The highest BCUT2D eigenvalue weighted by molar-refractivity contribution is 5.70. The molecule has 14 heavy (non-hydrogen) atoms. The smallest absolute Gasteiger partial charge is 0.203 e. The van der Waals surface area contributed by atoms with Crippen LogP contribution in [0.25, 0.3) is 17.0 Å². The Morgan fingerprint density at radius 2 is 2.29 bits per heavy atom. The molecule has 3 rings (SSSR count). The molecule has 0 fully saturated rings. The van der Waals surface area contributed by atoms with Gasteiger partial charge in [-0.15, -0.1) is 0 Å². The van der Waals surface area contributed by atoms with Gasteiger partial charge in [0.25, 0.3) is 0 Å². The average molecular weight is 188 g/mol. The summed E-state index contributed by atoms with van der Waals surface area (Å²) in [6, 6.07) is 0. The van der Waals surface area contributed by atoms with Crippen molar-refractivity contribution in [2.45, 2.75) is 0 Å². The van der Waals surface area contributed by atoms with Crippen molar-refractivity contribution in [3.05, 3.63) is 25.1 Å². The second kappa shape index (κ2) is 2.59. The van der Waals surface area contributed by atoms with Gasteiger partial charge in [-0.25, -0.2) is 15.0 Å². The van der Waals surface area contributed by atoms with Gasteiger partial charge >= 0.3 is 0 Å². The number of fused-ring (bicyclic) bond motifs is 1. The van der Waals surface area contributed by atoms with Crippen molar-refractivity contribution in [1.29, 1.82) is 0 Å². The standard InChI is InChI=1S/C7H4N6O/c1-5-7(9-3-8-1)13(4-10-5)6-2-14-12-11-6/h1-4H. The Morgan fingerprint density at radius 3 is 3.14 bits per heavy atom. The van der Waals surface area contributed by atoms with Gasteiger partial charge in [-0.3, -0.25) is 4.57 Å². The molecular formula is C7H4N6O. The first kappa shape index (κ1) is 7.13. The predicted octanol–water partition coefficient (Wildman–Crippen LogP) is 0.198. The van der Waals surface area contributed by atoms with E-state index in [0.29, 0.717) is 17.0 Å². The van der Waals surface area contributed by atoms with E-state index < -0.39 is 0 Å². The van der Waals surface area contributed by atoms with E-state index in [1.54, 1.807) is 17.1 Å². The van der Waals surface area contributed by atoms with Gasteiger partial charge in [0.05, 0.1) is 6.20 Å². The summed E-state index contributed by atoms with van der Waals surface area (Å²) >= 11 is 0. The topological polar surface area (TPSA) is 82.5 Å². The second-order valence-corrected chi connectivity index (χ2v) is 2.61. The first-order chi connectivity index (χ1) is 6.95. The van der Waals surface area contributed by atoms with Gasteiger partial charge in [0.1, 0.15) is 18.2 Å². The van der Waals surface area contributed by atoms with Crippen molar-refractivity contribution in [3.63, 3.8) is 0 Å². The van der Waals surface area contributed by atoms with Crippen LogP contribution in [0.15, 0.2) is 29.6 Å². The van der Waals surface area contributed by atoms with Gasteiger partial charge in [-0.05, 0) is 0 Å². The fourth-order valence-electron chi connectivity index (χ4n) is 1.20. The van der Waals surface area contributed by atoms with E-state index in [1.165, 1.54) is 12.6 Å². The summed E-state index contributed by atoms with van der Waals surface area (Å²) in [6.45, 7) is 0. The van der Waals surface area contributed by atoms with E-state index in [4.69, 9.17) is 0 Å². The van der Waals surface area contributed by atoms with Crippen LogP contribution in [0, 0.1) is 0 Å². The Hall–Kier alpha value is -2.31. The molecule has 3 heterocycles. The predicted molar refractivity (Wildman–Crippen MR) is 44.5 cm³/mol.